The zero-order valence-corrected chi connectivity index (χ0v) is 20.5. The second-order valence-electron chi connectivity index (χ2n) is 8.85. The van der Waals surface area contributed by atoms with Crippen LogP contribution in [0.1, 0.15) is 59.3 Å². The van der Waals surface area contributed by atoms with Crippen molar-refractivity contribution >= 4 is 36.0 Å². The number of carbonyl (C=O) groups excluding carboxylic acids is 1. The highest BCUT2D eigenvalue weighted by molar-refractivity contribution is 14.0. The number of guanidine groups is 1. The molecule has 0 bridgehead atoms. The van der Waals surface area contributed by atoms with Gasteiger partial charge in [0.05, 0.1) is 0 Å². The van der Waals surface area contributed by atoms with Gasteiger partial charge in [0, 0.05) is 46.4 Å². The van der Waals surface area contributed by atoms with Crippen molar-refractivity contribution in [3.63, 3.8) is 0 Å². The van der Waals surface area contributed by atoms with E-state index in [9.17, 15) is 4.79 Å². The molecule has 1 amide bonds. The third-order valence-electron chi connectivity index (χ3n) is 5.37. The quantitative estimate of drug-likeness (QED) is 0.283. The van der Waals surface area contributed by atoms with Crippen molar-refractivity contribution in [2.75, 3.05) is 40.4 Å². The second-order valence-corrected chi connectivity index (χ2v) is 8.85. The summed E-state index contributed by atoms with van der Waals surface area (Å²) in [5.41, 5.74) is -0.126. The largest absolute Gasteiger partial charge is 0.444 e. The third kappa shape index (κ3) is 8.31. The van der Waals surface area contributed by atoms with Crippen molar-refractivity contribution in [2.24, 2.45) is 10.4 Å². The molecular weight excluding hydrogens is 471 g/mol. The van der Waals surface area contributed by atoms with Crippen LogP contribution in [0.4, 0.5) is 4.79 Å². The first-order valence-corrected chi connectivity index (χ1v) is 10.2. The zero-order valence-electron chi connectivity index (χ0n) is 18.2. The maximum Gasteiger partial charge on any atom is 0.410 e. The van der Waals surface area contributed by atoms with Crippen molar-refractivity contribution < 1.29 is 14.3 Å². The number of hydrogen-bond donors (Lipinski definition) is 2. The summed E-state index contributed by atoms with van der Waals surface area (Å²) >= 11 is 0. The van der Waals surface area contributed by atoms with Crippen LogP contribution in [0.2, 0.25) is 0 Å². The lowest BCUT2D eigenvalue weighted by atomic mass is 9.67. The molecule has 2 aliphatic carbocycles. The van der Waals surface area contributed by atoms with Crippen LogP contribution < -0.4 is 10.6 Å². The Kier molecular flexibility index (Phi) is 10.3. The monoisotopic (exact) mass is 510 g/mol. The van der Waals surface area contributed by atoms with Gasteiger partial charge in [0.1, 0.15) is 5.60 Å². The van der Waals surface area contributed by atoms with Gasteiger partial charge in [0.15, 0.2) is 5.96 Å². The first kappa shape index (κ1) is 25.3. The average molecular weight is 510 g/mol. The van der Waals surface area contributed by atoms with Crippen LogP contribution in [0.25, 0.3) is 0 Å². The van der Waals surface area contributed by atoms with Gasteiger partial charge in [-0.3, -0.25) is 4.99 Å². The Morgan fingerprint density at radius 2 is 1.93 bits per heavy atom. The number of ether oxygens (including phenoxy) is 2. The molecule has 0 aromatic carbocycles. The van der Waals surface area contributed by atoms with Crippen molar-refractivity contribution in [3.05, 3.63) is 0 Å². The summed E-state index contributed by atoms with van der Waals surface area (Å²) < 4.78 is 10.8. The normalized spacial score (nSPS) is 18.5. The summed E-state index contributed by atoms with van der Waals surface area (Å²) in [6, 6.07) is 0.323. The first-order chi connectivity index (χ1) is 12.8. The van der Waals surface area contributed by atoms with Crippen LogP contribution in [-0.4, -0.2) is 69.0 Å². The number of amides is 1. The molecule has 0 heterocycles. The number of carbonyl (C=O) groups is 1. The van der Waals surface area contributed by atoms with Crippen LogP contribution in [0.15, 0.2) is 4.99 Å². The summed E-state index contributed by atoms with van der Waals surface area (Å²) in [6.45, 7) is 8.70. The molecule has 2 rings (SSSR count). The van der Waals surface area contributed by atoms with Crippen LogP contribution in [0.5, 0.6) is 0 Å². The van der Waals surface area contributed by atoms with Crippen molar-refractivity contribution in [1.82, 2.24) is 15.5 Å². The molecule has 2 aliphatic rings. The number of aliphatic imine (C=N–C) groups is 1. The number of nitrogens with one attached hydrogen (secondary N) is 2. The molecular formula is C20H39IN4O3. The Bertz CT molecular complexity index is 514. The maximum atomic E-state index is 12.4. The predicted molar refractivity (Wildman–Crippen MR) is 124 cm³/mol. The Morgan fingerprint density at radius 1 is 1.25 bits per heavy atom. The van der Waals surface area contributed by atoms with Gasteiger partial charge in [-0.25, -0.2) is 4.79 Å². The number of nitrogens with zero attached hydrogens (tertiary/aromatic N) is 2. The van der Waals surface area contributed by atoms with E-state index in [-0.39, 0.29) is 30.1 Å². The van der Waals surface area contributed by atoms with Gasteiger partial charge in [-0.15, -0.1) is 24.0 Å². The molecule has 8 heteroatoms. The zero-order chi connectivity index (χ0) is 19.9. The minimum Gasteiger partial charge on any atom is -0.444 e. The molecule has 2 saturated carbocycles. The molecule has 0 spiro atoms. The summed E-state index contributed by atoms with van der Waals surface area (Å²) in [5.74, 6) is 0.790. The maximum absolute atomic E-state index is 12.4. The molecule has 0 aliphatic heterocycles. The average Bonchev–Trinajstić information content (AvgIpc) is 3.38. The van der Waals surface area contributed by atoms with E-state index in [4.69, 9.17) is 9.47 Å². The van der Waals surface area contributed by atoms with Crippen molar-refractivity contribution in [3.8, 4) is 0 Å². The van der Waals surface area contributed by atoms with E-state index in [0.29, 0.717) is 24.5 Å². The van der Waals surface area contributed by atoms with Gasteiger partial charge in [-0.1, -0.05) is 6.42 Å². The smallest absolute Gasteiger partial charge is 0.410 e. The fourth-order valence-corrected chi connectivity index (χ4v) is 3.43. The molecule has 164 valence electrons. The van der Waals surface area contributed by atoms with E-state index in [1.807, 2.05) is 25.7 Å². The SMILES string of the molecule is CN=C(NCCN(C(=O)OC(C)(C)C)C1CC1)NCC1(CCOC)CCC1.I. The van der Waals surface area contributed by atoms with Crippen LogP contribution in [0, 0.1) is 5.41 Å². The van der Waals surface area contributed by atoms with E-state index in [2.05, 4.69) is 15.6 Å². The Morgan fingerprint density at radius 3 is 2.39 bits per heavy atom. The minimum absolute atomic E-state index is 0. The molecule has 0 aromatic rings. The fourth-order valence-electron chi connectivity index (χ4n) is 3.43. The van der Waals surface area contributed by atoms with Gasteiger partial charge >= 0.3 is 6.09 Å². The van der Waals surface area contributed by atoms with Crippen LogP contribution >= 0.6 is 24.0 Å². The lowest BCUT2D eigenvalue weighted by Gasteiger charge is -2.42. The molecule has 0 saturated heterocycles. The number of rotatable bonds is 9. The lowest BCUT2D eigenvalue weighted by Crippen LogP contribution is -2.49. The fraction of sp³-hybridized carbons (Fsp3) is 0.900. The molecule has 2 fully saturated rings. The summed E-state index contributed by atoms with van der Waals surface area (Å²) in [6.07, 6.45) is 6.78. The topological polar surface area (TPSA) is 75.2 Å². The number of hydrogen-bond acceptors (Lipinski definition) is 4. The third-order valence-corrected chi connectivity index (χ3v) is 5.37. The van der Waals surface area contributed by atoms with Crippen LogP contribution in [-0.2, 0) is 9.47 Å². The summed E-state index contributed by atoms with van der Waals surface area (Å²) in [4.78, 5) is 18.6. The Labute approximate surface area is 187 Å². The van der Waals surface area contributed by atoms with Crippen molar-refractivity contribution in [1.29, 1.82) is 0 Å². The highest BCUT2D eigenvalue weighted by Gasteiger charge is 2.37. The van der Waals surface area contributed by atoms with E-state index < -0.39 is 5.60 Å². The van der Waals surface area contributed by atoms with Gasteiger partial charge in [0.25, 0.3) is 0 Å². The summed E-state index contributed by atoms with van der Waals surface area (Å²) in [7, 11) is 3.54. The molecule has 2 N–H and O–H groups in total. The van der Waals surface area contributed by atoms with Crippen molar-refractivity contribution in [2.45, 2.75) is 70.9 Å². The molecule has 7 nitrogen and oxygen atoms in total. The highest BCUT2D eigenvalue weighted by Crippen LogP contribution is 2.43. The van der Waals surface area contributed by atoms with Crippen LogP contribution in [0.3, 0.4) is 0 Å². The lowest BCUT2D eigenvalue weighted by molar-refractivity contribution is 0.0238. The van der Waals surface area contributed by atoms with Gasteiger partial charge < -0.3 is 25.0 Å². The van der Waals surface area contributed by atoms with Gasteiger partial charge in [0.2, 0.25) is 0 Å². The van der Waals surface area contributed by atoms with E-state index in [0.717, 1.165) is 38.4 Å². The number of halogens is 1. The Balaban J connectivity index is 0.00000392. The van der Waals surface area contributed by atoms with E-state index >= 15 is 0 Å². The first-order valence-electron chi connectivity index (χ1n) is 10.2. The Hall–Kier alpha value is -0.770. The molecule has 0 radical (unpaired) electrons. The molecule has 0 unspecified atom stereocenters. The number of methoxy groups -OCH3 is 1. The second kappa shape index (κ2) is 11.4. The van der Waals surface area contributed by atoms with Gasteiger partial charge in [-0.05, 0) is 58.3 Å². The van der Waals surface area contributed by atoms with E-state index in [1.165, 1.54) is 19.3 Å². The molecule has 0 aromatic heterocycles. The van der Waals surface area contributed by atoms with Gasteiger partial charge in [-0.2, -0.15) is 0 Å². The molecule has 0 atom stereocenters. The standard InChI is InChI=1S/C20H38N4O3.HI/c1-19(2,3)27-18(25)24(16-7-8-16)13-12-22-17(21-4)23-15-20(9-6-10-20)11-14-26-5;/h16H,6-15H2,1-5H3,(H2,21,22,23);1H. The highest BCUT2D eigenvalue weighted by atomic mass is 127. The molecule has 28 heavy (non-hydrogen) atoms. The predicted octanol–water partition coefficient (Wildman–Crippen LogP) is 3.38. The minimum atomic E-state index is -0.464. The summed E-state index contributed by atoms with van der Waals surface area (Å²) in [5, 5.41) is 6.79. The van der Waals surface area contributed by atoms with E-state index in [1.54, 1.807) is 14.2 Å².